The fraction of sp³-hybridized carbons (Fsp3) is 0.214. The van der Waals surface area contributed by atoms with Crippen molar-refractivity contribution in [2.75, 3.05) is 0 Å². The Kier molecular flexibility index (Phi) is 4.55. The summed E-state index contributed by atoms with van der Waals surface area (Å²) in [4.78, 5) is 11.3. The van der Waals surface area contributed by atoms with E-state index in [-0.39, 0.29) is 11.7 Å². The Morgan fingerprint density at radius 2 is 1.93 bits per heavy atom. The molecule has 0 bridgehead atoms. The average molecular weight is 200 g/mol. The summed E-state index contributed by atoms with van der Waals surface area (Å²) >= 11 is 0. The minimum Gasteiger partial charge on any atom is -0.295 e. The van der Waals surface area contributed by atoms with Gasteiger partial charge < -0.3 is 0 Å². The minimum absolute atomic E-state index is 0.0886. The van der Waals surface area contributed by atoms with Crippen LogP contribution in [0.1, 0.15) is 24.3 Å². The topological polar surface area (TPSA) is 17.1 Å². The molecule has 0 amide bonds. The number of hydrogen-bond donors (Lipinski definition) is 0. The smallest absolute Gasteiger partial charge is 0.155 e. The summed E-state index contributed by atoms with van der Waals surface area (Å²) in [5.41, 5.74) is 1.19. The first-order chi connectivity index (χ1) is 7.27. The zero-order valence-electron chi connectivity index (χ0n) is 8.86. The quantitative estimate of drug-likeness (QED) is 0.507. The van der Waals surface area contributed by atoms with E-state index in [4.69, 9.17) is 0 Å². The van der Waals surface area contributed by atoms with Gasteiger partial charge in [-0.25, -0.2) is 0 Å². The van der Waals surface area contributed by atoms with E-state index < -0.39 is 0 Å². The van der Waals surface area contributed by atoms with Crippen LogP contribution in [0.2, 0.25) is 0 Å². The Morgan fingerprint density at radius 3 is 2.47 bits per heavy atom. The van der Waals surface area contributed by atoms with Crippen molar-refractivity contribution < 1.29 is 4.79 Å². The molecule has 1 aromatic rings. The number of ketones is 1. The summed E-state index contributed by atoms with van der Waals surface area (Å²) in [6, 6.07) is 10.0. The highest BCUT2D eigenvalue weighted by Gasteiger charge is 2.12. The maximum atomic E-state index is 11.3. The van der Waals surface area contributed by atoms with E-state index in [2.05, 4.69) is 13.2 Å². The summed E-state index contributed by atoms with van der Waals surface area (Å²) in [5, 5.41) is 0. The second kappa shape index (κ2) is 5.97. The van der Waals surface area contributed by atoms with Crippen LogP contribution < -0.4 is 0 Å². The third-order valence-corrected chi connectivity index (χ3v) is 2.40. The molecule has 1 atom stereocenters. The summed E-state index contributed by atoms with van der Waals surface area (Å²) in [5.74, 6) is 0.319. The standard InChI is InChI=1S/C14H16O/c1-3-8-13(11-14(15)4-2)12-9-6-5-7-10-12/h3-7,9-10,13H,1-2,8,11H2/t13-/m0/s1. The van der Waals surface area contributed by atoms with E-state index >= 15 is 0 Å². The molecule has 1 aromatic carbocycles. The molecule has 0 aliphatic carbocycles. The van der Waals surface area contributed by atoms with Crippen molar-refractivity contribution in [3.05, 3.63) is 61.2 Å². The van der Waals surface area contributed by atoms with E-state index in [0.717, 1.165) is 6.42 Å². The number of benzene rings is 1. The first-order valence-electron chi connectivity index (χ1n) is 5.09. The normalized spacial score (nSPS) is 11.7. The summed E-state index contributed by atoms with van der Waals surface area (Å²) in [6.07, 6.45) is 4.58. The van der Waals surface area contributed by atoms with Crippen molar-refractivity contribution in [3.8, 4) is 0 Å². The SMILES string of the molecule is C=CC[C@@H](CC(=O)C=C)c1ccccc1. The van der Waals surface area contributed by atoms with Crippen LogP contribution in [0.5, 0.6) is 0 Å². The van der Waals surface area contributed by atoms with Crippen molar-refractivity contribution in [1.29, 1.82) is 0 Å². The van der Waals surface area contributed by atoms with Crippen molar-refractivity contribution in [3.63, 3.8) is 0 Å². The second-order valence-corrected chi connectivity index (χ2v) is 3.51. The first-order valence-corrected chi connectivity index (χ1v) is 5.09. The number of carbonyl (C=O) groups excluding carboxylic acids is 1. The van der Waals surface area contributed by atoms with Gasteiger partial charge in [0.2, 0.25) is 0 Å². The van der Waals surface area contributed by atoms with Crippen LogP contribution in [0.3, 0.4) is 0 Å². The van der Waals surface area contributed by atoms with Crippen LogP contribution in [0, 0.1) is 0 Å². The molecule has 15 heavy (non-hydrogen) atoms. The van der Waals surface area contributed by atoms with Crippen LogP contribution in [0.25, 0.3) is 0 Å². The van der Waals surface area contributed by atoms with Gasteiger partial charge in [0.25, 0.3) is 0 Å². The fourth-order valence-corrected chi connectivity index (χ4v) is 1.59. The maximum Gasteiger partial charge on any atom is 0.155 e. The molecule has 0 aliphatic heterocycles. The van der Waals surface area contributed by atoms with Crippen LogP contribution in [-0.2, 0) is 4.79 Å². The molecular formula is C14H16O. The van der Waals surface area contributed by atoms with Gasteiger partial charge in [-0.3, -0.25) is 4.79 Å². The van der Waals surface area contributed by atoms with Gasteiger partial charge in [-0.15, -0.1) is 6.58 Å². The van der Waals surface area contributed by atoms with Crippen molar-refractivity contribution >= 4 is 5.78 Å². The number of allylic oxidation sites excluding steroid dienone is 2. The van der Waals surface area contributed by atoms with Gasteiger partial charge in [0.15, 0.2) is 5.78 Å². The molecule has 0 spiro atoms. The van der Waals surface area contributed by atoms with Gasteiger partial charge in [-0.05, 0) is 24.0 Å². The molecule has 78 valence electrons. The third kappa shape index (κ3) is 3.55. The third-order valence-electron chi connectivity index (χ3n) is 2.40. The van der Waals surface area contributed by atoms with Gasteiger partial charge in [-0.2, -0.15) is 0 Å². The summed E-state index contributed by atoms with van der Waals surface area (Å²) < 4.78 is 0. The average Bonchev–Trinajstić information content (AvgIpc) is 2.29. The molecule has 1 rings (SSSR count). The lowest BCUT2D eigenvalue weighted by atomic mass is 9.91. The largest absolute Gasteiger partial charge is 0.295 e. The molecule has 0 radical (unpaired) electrons. The predicted molar refractivity (Wildman–Crippen MR) is 63.8 cm³/mol. The van der Waals surface area contributed by atoms with Gasteiger partial charge >= 0.3 is 0 Å². The monoisotopic (exact) mass is 200 g/mol. The lowest BCUT2D eigenvalue weighted by molar-refractivity contribution is -0.114. The number of rotatable bonds is 6. The number of carbonyl (C=O) groups is 1. The minimum atomic E-state index is 0.0886. The van der Waals surface area contributed by atoms with Crippen LogP contribution in [-0.4, -0.2) is 5.78 Å². The molecule has 0 saturated carbocycles. The molecule has 0 aliphatic rings. The van der Waals surface area contributed by atoms with Crippen LogP contribution >= 0.6 is 0 Å². The van der Waals surface area contributed by atoms with E-state index in [0.29, 0.717) is 6.42 Å². The highest BCUT2D eigenvalue weighted by molar-refractivity contribution is 5.89. The second-order valence-electron chi connectivity index (χ2n) is 3.51. The lowest BCUT2D eigenvalue weighted by Gasteiger charge is -2.13. The summed E-state index contributed by atoms with van der Waals surface area (Å²) in [6.45, 7) is 7.21. The van der Waals surface area contributed by atoms with Crippen molar-refractivity contribution in [2.45, 2.75) is 18.8 Å². The van der Waals surface area contributed by atoms with E-state index in [9.17, 15) is 4.79 Å². The molecule has 0 fully saturated rings. The van der Waals surface area contributed by atoms with Crippen molar-refractivity contribution in [1.82, 2.24) is 0 Å². The highest BCUT2D eigenvalue weighted by Crippen LogP contribution is 2.23. The molecule has 0 saturated heterocycles. The maximum absolute atomic E-state index is 11.3. The molecular weight excluding hydrogens is 184 g/mol. The van der Waals surface area contributed by atoms with Crippen molar-refractivity contribution in [2.24, 2.45) is 0 Å². The number of hydrogen-bond acceptors (Lipinski definition) is 1. The Bertz CT molecular complexity index is 338. The van der Waals surface area contributed by atoms with Crippen LogP contribution in [0.15, 0.2) is 55.6 Å². The zero-order valence-corrected chi connectivity index (χ0v) is 8.86. The fourth-order valence-electron chi connectivity index (χ4n) is 1.59. The van der Waals surface area contributed by atoms with E-state index in [1.165, 1.54) is 11.6 Å². The first kappa shape index (κ1) is 11.4. The molecule has 1 heteroatoms. The Balaban J connectivity index is 2.78. The van der Waals surface area contributed by atoms with Gasteiger partial charge in [0.1, 0.15) is 0 Å². The van der Waals surface area contributed by atoms with Gasteiger partial charge in [-0.1, -0.05) is 43.0 Å². The van der Waals surface area contributed by atoms with E-state index in [1.807, 2.05) is 36.4 Å². The summed E-state index contributed by atoms with van der Waals surface area (Å²) in [7, 11) is 0. The van der Waals surface area contributed by atoms with E-state index in [1.54, 1.807) is 0 Å². The van der Waals surface area contributed by atoms with Gasteiger partial charge in [0.05, 0.1) is 0 Å². The highest BCUT2D eigenvalue weighted by atomic mass is 16.1. The predicted octanol–water partition coefficient (Wildman–Crippen LogP) is 3.49. The molecule has 0 unspecified atom stereocenters. The zero-order chi connectivity index (χ0) is 11.1. The molecule has 0 heterocycles. The molecule has 1 nitrogen and oxygen atoms in total. The Morgan fingerprint density at radius 1 is 1.27 bits per heavy atom. The Hall–Kier alpha value is -1.63. The Labute approximate surface area is 91.1 Å². The van der Waals surface area contributed by atoms with Crippen LogP contribution in [0.4, 0.5) is 0 Å². The molecule has 0 aromatic heterocycles. The molecule has 0 N–H and O–H groups in total. The lowest BCUT2D eigenvalue weighted by Crippen LogP contribution is -2.04. The van der Waals surface area contributed by atoms with Gasteiger partial charge in [0, 0.05) is 6.42 Å².